The SMILES string of the molecule is CCCCCCCCCCCCOc1nnc(-c2ccc(C(=O)Oc3ccc(C(=O)O[C@@H](C)CCCCCC)cc3)cc2)s1. The lowest BCUT2D eigenvalue weighted by Gasteiger charge is -2.13. The van der Waals surface area contributed by atoms with E-state index in [1.165, 1.54) is 82.0 Å². The van der Waals surface area contributed by atoms with E-state index in [1.807, 2.05) is 19.1 Å². The van der Waals surface area contributed by atoms with Crippen LogP contribution >= 0.6 is 11.3 Å². The molecule has 0 aliphatic heterocycles. The van der Waals surface area contributed by atoms with Gasteiger partial charge in [0.2, 0.25) is 0 Å². The summed E-state index contributed by atoms with van der Waals surface area (Å²) in [5.41, 5.74) is 1.70. The van der Waals surface area contributed by atoms with Crippen LogP contribution in [0.2, 0.25) is 0 Å². The predicted molar refractivity (Wildman–Crippen MR) is 178 cm³/mol. The molecule has 0 aliphatic rings. The Balaban J connectivity index is 1.36. The minimum atomic E-state index is -0.481. The van der Waals surface area contributed by atoms with Crippen molar-refractivity contribution in [3.05, 3.63) is 59.7 Å². The van der Waals surface area contributed by atoms with Gasteiger partial charge in [-0.1, -0.05) is 119 Å². The molecule has 0 unspecified atom stereocenters. The zero-order valence-corrected chi connectivity index (χ0v) is 27.7. The van der Waals surface area contributed by atoms with Crippen LogP contribution in [0.3, 0.4) is 0 Å². The van der Waals surface area contributed by atoms with Crippen LogP contribution in [0.4, 0.5) is 0 Å². The molecule has 2 aromatic carbocycles. The second kappa shape index (κ2) is 20.7. The molecule has 1 atom stereocenters. The van der Waals surface area contributed by atoms with Crippen LogP contribution in [0.1, 0.15) is 138 Å². The molecular weight excluding hydrogens is 572 g/mol. The summed E-state index contributed by atoms with van der Waals surface area (Å²) < 4.78 is 16.9. The average molecular weight is 623 g/mol. The highest BCUT2D eigenvalue weighted by Gasteiger charge is 2.14. The number of carbonyl (C=O) groups excluding carboxylic acids is 2. The van der Waals surface area contributed by atoms with Crippen molar-refractivity contribution in [3.63, 3.8) is 0 Å². The Bertz CT molecular complexity index is 1230. The van der Waals surface area contributed by atoms with E-state index in [4.69, 9.17) is 14.2 Å². The molecule has 0 fully saturated rings. The predicted octanol–water partition coefficient (Wildman–Crippen LogP) is 10.2. The maximum atomic E-state index is 12.7. The second-order valence-electron chi connectivity index (χ2n) is 11.5. The lowest BCUT2D eigenvalue weighted by molar-refractivity contribution is 0.0319. The van der Waals surface area contributed by atoms with Crippen molar-refractivity contribution in [3.8, 4) is 21.5 Å². The van der Waals surface area contributed by atoms with E-state index >= 15 is 0 Å². The molecule has 44 heavy (non-hydrogen) atoms. The number of hydrogen-bond acceptors (Lipinski definition) is 8. The molecule has 0 spiro atoms. The summed E-state index contributed by atoms with van der Waals surface area (Å²) in [5.74, 6) is -0.493. The molecule has 7 nitrogen and oxygen atoms in total. The third-order valence-corrected chi connectivity index (χ3v) is 8.46. The largest absolute Gasteiger partial charge is 0.469 e. The van der Waals surface area contributed by atoms with Gasteiger partial charge < -0.3 is 14.2 Å². The number of esters is 2. The Kier molecular flexibility index (Phi) is 16.5. The molecule has 0 amide bonds. The molecule has 0 radical (unpaired) electrons. The summed E-state index contributed by atoms with van der Waals surface area (Å²) in [6, 6.07) is 13.5. The maximum absolute atomic E-state index is 12.7. The van der Waals surface area contributed by atoms with Crippen molar-refractivity contribution in [2.75, 3.05) is 6.61 Å². The van der Waals surface area contributed by atoms with Crippen LogP contribution < -0.4 is 9.47 Å². The third kappa shape index (κ3) is 13.2. The molecule has 8 heteroatoms. The Hall–Kier alpha value is -3.26. The van der Waals surface area contributed by atoms with E-state index in [2.05, 4.69) is 24.0 Å². The van der Waals surface area contributed by atoms with Crippen LogP contribution in [-0.2, 0) is 4.74 Å². The van der Waals surface area contributed by atoms with Gasteiger partial charge in [-0.05, 0) is 62.6 Å². The topological polar surface area (TPSA) is 87.6 Å². The first-order chi connectivity index (χ1) is 21.5. The van der Waals surface area contributed by atoms with Gasteiger partial charge in [-0.25, -0.2) is 9.59 Å². The summed E-state index contributed by atoms with van der Waals surface area (Å²) in [7, 11) is 0. The standard InChI is InChI=1S/C36H50N2O5S/c1-4-6-8-10-11-12-13-14-15-17-27-41-36-38-37-33(44-36)29-19-21-30(22-20-29)35(40)43-32-25-23-31(24-26-32)34(39)42-28(3)18-16-9-7-5-2/h19-26,28H,4-18,27H2,1-3H3/t28-/m0/s1. The zero-order valence-electron chi connectivity index (χ0n) is 26.9. The molecule has 0 saturated heterocycles. The van der Waals surface area contributed by atoms with E-state index in [9.17, 15) is 9.59 Å². The second-order valence-corrected chi connectivity index (χ2v) is 12.4. The lowest BCUT2D eigenvalue weighted by atomic mass is 10.1. The van der Waals surface area contributed by atoms with E-state index in [-0.39, 0.29) is 12.1 Å². The molecular formula is C36H50N2O5S. The van der Waals surface area contributed by atoms with Gasteiger partial charge in [-0.3, -0.25) is 0 Å². The van der Waals surface area contributed by atoms with Gasteiger partial charge in [0.05, 0.1) is 23.8 Å². The smallest absolute Gasteiger partial charge is 0.343 e. The summed E-state index contributed by atoms with van der Waals surface area (Å²) in [4.78, 5) is 25.1. The Morgan fingerprint density at radius 3 is 1.86 bits per heavy atom. The van der Waals surface area contributed by atoms with Crippen LogP contribution in [-0.4, -0.2) is 34.8 Å². The molecule has 1 aromatic heterocycles. The molecule has 240 valence electrons. The normalized spacial score (nSPS) is 11.7. The summed E-state index contributed by atoms with van der Waals surface area (Å²) >= 11 is 1.40. The van der Waals surface area contributed by atoms with Crippen LogP contribution in [0.5, 0.6) is 10.9 Å². The number of nitrogens with zero attached hydrogens (tertiary/aromatic N) is 2. The number of aromatic nitrogens is 2. The van der Waals surface area contributed by atoms with Crippen LogP contribution in [0.15, 0.2) is 48.5 Å². The van der Waals surface area contributed by atoms with E-state index in [0.717, 1.165) is 36.3 Å². The van der Waals surface area contributed by atoms with Crippen molar-refractivity contribution in [2.45, 2.75) is 123 Å². The fourth-order valence-electron chi connectivity index (χ4n) is 4.88. The summed E-state index contributed by atoms with van der Waals surface area (Å²) in [5, 5.41) is 9.72. The molecule has 0 aliphatic carbocycles. The molecule has 1 heterocycles. The molecule has 3 aromatic rings. The highest BCUT2D eigenvalue weighted by Crippen LogP contribution is 2.28. The molecule has 3 rings (SSSR count). The molecule has 0 N–H and O–H groups in total. The summed E-state index contributed by atoms with van der Waals surface area (Å²) in [6.07, 6.45) is 18.2. The van der Waals surface area contributed by atoms with Gasteiger partial charge in [0.15, 0.2) is 5.01 Å². The van der Waals surface area contributed by atoms with Crippen molar-refractivity contribution >= 4 is 23.3 Å². The van der Waals surface area contributed by atoms with Gasteiger partial charge in [0.25, 0.3) is 5.19 Å². The van der Waals surface area contributed by atoms with Gasteiger partial charge in [0, 0.05) is 5.56 Å². The highest BCUT2D eigenvalue weighted by molar-refractivity contribution is 7.16. The van der Waals surface area contributed by atoms with Gasteiger partial charge in [-0.15, -0.1) is 5.10 Å². The van der Waals surface area contributed by atoms with E-state index in [1.54, 1.807) is 36.4 Å². The highest BCUT2D eigenvalue weighted by atomic mass is 32.1. The van der Waals surface area contributed by atoms with Crippen LogP contribution in [0, 0.1) is 0 Å². The number of hydrogen-bond donors (Lipinski definition) is 0. The Morgan fingerprint density at radius 2 is 1.23 bits per heavy atom. The number of unbranched alkanes of at least 4 members (excludes halogenated alkanes) is 12. The first kappa shape index (κ1) is 35.2. The van der Waals surface area contributed by atoms with Crippen molar-refractivity contribution in [2.24, 2.45) is 0 Å². The van der Waals surface area contributed by atoms with Crippen molar-refractivity contribution < 1.29 is 23.8 Å². The number of rotatable bonds is 22. The first-order valence-corrected chi connectivity index (χ1v) is 17.4. The minimum Gasteiger partial charge on any atom is -0.469 e. The number of benzene rings is 2. The maximum Gasteiger partial charge on any atom is 0.343 e. The Labute approximate surface area is 267 Å². The number of ether oxygens (including phenoxy) is 3. The molecule has 0 bridgehead atoms. The van der Waals surface area contributed by atoms with E-state index < -0.39 is 5.97 Å². The average Bonchev–Trinajstić information content (AvgIpc) is 3.51. The number of carbonyl (C=O) groups is 2. The quantitative estimate of drug-likeness (QED) is 0.0626. The first-order valence-electron chi connectivity index (χ1n) is 16.6. The fraction of sp³-hybridized carbons (Fsp3) is 0.556. The van der Waals surface area contributed by atoms with Gasteiger partial charge in [0.1, 0.15) is 5.75 Å². The zero-order chi connectivity index (χ0) is 31.4. The third-order valence-electron chi connectivity index (χ3n) is 7.57. The minimum absolute atomic E-state index is 0.131. The summed E-state index contributed by atoms with van der Waals surface area (Å²) in [6.45, 7) is 7.00. The van der Waals surface area contributed by atoms with Crippen molar-refractivity contribution in [1.82, 2.24) is 10.2 Å². The van der Waals surface area contributed by atoms with Gasteiger partial charge >= 0.3 is 11.9 Å². The van der Waals surface area contributed by atoms with Gasteiger partial charge in [-0.2, -0.15) is 0 Å². The molecule has 0 saturated carbocycles. The van der Waals surface area contributed by atoms with E-state index in [0.29, 0.717) is 28.7 Å². The lowest BCUT2D eigenvalue weighted by Crippen LogP contribution is -2.15. The van der Waals surface area contributed by atoms with Crippen LogP contribution in [0.25, 0.3) is 10.6 Å². The van der Waals surface area contributed by atoms with Crippen molar-refractivity contribution in [1.29, 1.82) is 0 Å². The fourth-order valence-corrected chi connectivity index (χ4v) is 5.60. The Morgan fingerprint density at radius 1 is 0.682 bits per heavy atom. The monoisotopic (exact) mass is 622 g/mol.